The molecule has 0 aliphatic heterocycles. The Bertz CT molecular complexity index is 207. The molecule has 0 unspecified atom stereocenters. The molecular weight excluding hydrogens is 196 g/mol. The molecule has 1 heterocycles. The SMILES string of the molecule is ClC(Cl)(Cl)c1cnnnc1. The van der Waals surface area contributed by atoms with Gasteiger partial charge in [-0.15, -0.1) is 10.2 Å². The summed E-state index contributed by atoms with van der Waals surface area (Å²) in [5.74, 6) is 0. The van der Waals surface area contributed by atoms with Crippen molar-refractivity contribution in [3.63, 3.8) is 0 Å². The van der Waals surface area contributed by atoms with Gasteiger partial charge in [0.25, 0.3) is 0 Å². The van der Waals surface area contributed by atoms with Crippen LogP contribution in [0.4, 0.5) is 0 Å². The molecule has 10 heavy (non-hydrogen) atoms. The standard InChI is InChI=1S/C4H2Cl3N3/c5-4(6,7)3-1-8-10-9-2-3/h1-2H. The van der Waals surface area contributed by atoms with Gasteiger partial charge in [0.15, 0.2) is 0 Å². The van der Waals surface area contributed by atoms with E-state index in [1.807, 2.05) is 0 Å². The monoisotopic (exact) mass is 197 g/mol. The minimum Gasteiger partial charge on any atom is -0.138 e. The average molecular weight is 198 g/mol. The molecule has 0 bridgehead atoms. The summed E-state index contributed by atoms with van der Waals surface area (Å²) in [6.07, 6.45) is 2.69. The van der Waals surface area contributed by atoms with E-state index in [-0.39, 0.29) is 0 Å². The largest absolute Gasteiger partial charge is 0.219 e. The van der Waals surface area contributed by atoms with Crippen LogP contribution in [0.15, 0.2) is 12.4 Å². The van der Waals surface area contributed by atoms with E-state index in [2.05, 4.69) is 15.4 Å². The van der Waals surface area contributed by atoms with Crippen LogP contribution in [0, 0.1) is 0 Å². The zero-order valence-corrected chi connectivity index (χ0v) is 6.90. The second kappa shape index (κ2) is 2.86. The highest BCUT2D eigenvalue weighted by atomic mass is 35.6. The van der Waals surface area contributed by atoms with Crippen molar-refractivity contribution in [2.45, 2.75) is 3.79 Å². The number of alkyl halides is 3. The van der Waals surface area contributed by atoms with E-state index < -0.39 is 3.79 Å². The van der Waals surface area contributed by atoms with Gasteiger partial charge in [0.1, 0.15) is 0 Å². The molecule has 0 N–H and O–H groups in total. The first-order chi connectivity index (χ1) is 4.61. The first-order valence-electron chi connectivity index (χ1n) is 2.31. The molecule has 0 aliphatic rings. The molecule has 0 spiro atoms. The molecule has 6 heteroatoms. The zero-order valence-electron chi connectivity index (χ0n) is 4.63. The van der Waals surface area contributed by atoms with Crippen LogP contribution in [-0.2, 0) is 3.79 Å². The lowest BCUT2D eigenvalue weighted by Crippen LogP contribution is -2.02. The first kappa shape index (κ1) is 7.98. The van der Waals surface area contributed by atoms with Crippen LogP contribution in [0.25, 0.3) is 0 Å². The van der Waals surface area contributed by atoms with Crippen molar-refractivity contribution in [1.82, 2.24) is 15.4 Å². The Morgan fingerprint density at radius 3 is 1.90 bits per heavy atom. The molecule has 0 amide bonds. The third-order valence-corrected chi connectivity index (χ3v) is 1.48. The highest BCUT2D eigenvalue weighted by molar-refractivity contribution is 6.66. The van der Waals surface area contributed by atoms with Gasteiger partial charge in [-0.1, -0.05) is 34.8 Å². The smallest absolute Gasteiger partial charge is 0.138 e. The van der Waals surface area contributed by atoms with Gasteiger partial charge >= 0.3 is 0 Å². The van der Waals surface area contributed by atoms with Gasteiger partial charge in [-0.3, -0.25) is 0 Å². The molecular formula is C4H2Cl3N3. The molecule has 1 rings (SSSR count). The van der Waals surface area contributed by atoms with Crippen LogP contribution in [-0.4, -0.2) is 15.4 Å². The highest BCUT2D eigenvalue weighted by Crippen LogP contribution is 2.36. The fourth-order valence-electron chi connectivity index (χ4n) is 0.386. The van der Waals surface area contributed by atoms with E-state index >= 15 is 0 Å². The van der Waals surface area contributed by atoms with E-state index in [0.717, 1.165) is 0 Å². The summed E-state index contributed by atoms with van der Waals surface area (Å²) in [5.41, 5.74) is 0.410. The molecule has 3 nitrogen and oxygen atoms in total. The molecule has 54 valence electrons. The van der Waals surface area contributed by atoms with Crippen molar-refractivity contribution in [2.24, 2.45) is 0 Å². The van der Waals surface area contributed by atoms with Crippen molar-refractivity contribution in [3.8, 4) is 0 Å². The van der Waals surface area contributed by atoms with E-state index in [4.69, 9.17) is 34.8 Å². The molecule has 1 aromatic heterocycles. The second-order valence-corrected chi connectivity index (χ2v) is 3.81. The Balaban J connectivity index is 2.97. The zero-order chi connectivity index (χ0) is 7.61. The molecule has 0 radical (unpaired) electrons. The number of hydrogen-bond donors (Lipinski definition) is 0. The van der Waals surface area contributed by atoms with Crippen molar-refractivity contribution < 1.29 is 0 Å². The number of nitrogens with zero attached hydrogens (tertiary/aromatic N) is 3. The van der Waals surface area contributed by atoms with Crippen LogP contribution in [0.3, 0.4) is 0 Å². The van der Waals surface area contributed by atoms with E-state index in [9.17, 15) is 0 Å². The Morgan fingerprint density at radius 2 is 1.60 bits per heavy atom. The summed E-state index contributed by atoms with van der Waals surface area (Å²) in [6, 6.07) is 0. The predicted molar refractivity (Wildman–Crippen MR) is 39.1 cm³/mol. The Hall–Kier alpha value is -0.120. The van der Waals surface area contributed by atoms with Crippen molar-refractivity contribution in [1.29, 1.82) is 0 Å². The van der Waals surface area contributed by atoms with E-state index in [0.29, 0.717) is 5.56 Å². The summed E-state index contributed by atoms with van der Waals surface area (Å²) in [7, 11) is 0. The number of aromatic nitrogens is 3. The van der Waals surface area contributed by atoms with Crippen LogP contribution in [0.5, 0.6) is 0 Å². The molecule has 0 aromatic carbocycles. The third kappa shape index (κ3) is 1.94. The average Bonchev–Trinajstić information content (AvgIpc) is 1.88. The lowest BCUT2D eigenvalue weighted by molar-refractivity contribution is 0.843. The summed E-state index contributed by atoms with van der Waals surface area (Å²) in [5, 5.41) is 10.2. The second-order valence-electron chi connectivity index (χ2n) is 1.53. The van der Waals surface area contributed by atoms with Gasteiger partial charge in [-0.05, 0) is 5.21 Å². The molecule has 0 saturated carbocycles. The van der Waals surface area contributed by atoms with Gasteiger partial charge in [0.05, 0.1) is 12.4 Å². The molecule has 0 aliphatic carbocycles. The lowest BCUT2D eigenvalue weighted by atomic mass is 10.4. The quantitative estimate of drug-likeness (QED) is 0.596. The Kier molecular flexibility index (Phi) is 2.28. The highest BCUT2D eigenvalue weighted by Gasteiger charge is 2.23. The Labute approximate surface area is 72.3 Å². The van der Waals surface area contributed by atoms with Gasteiger partial charge in [0, 0.05) is 5.56 Å². The van der Waals surface area contributed by atoms with Crippen molar-refractivity contribution in [2.75, 3.05) is 0 Å². The predicted octanol–water partition coefficient (Wildman–Crippen LogP) is 1.70. The molecule has 0 atom stereocenters. The summed E-state index contributed by atoms with van der Waals surface area (Å²) in [6.45, 7) is 0. The minimum atomic E-state index is -1.46. The minimum absolute atomic E-state index is 0.410. The van der Waals surface area contributed by atoms with E-state index in [1.165, 1.54) is 12.4 Å². The van der Waals surface area contributed by atoms with Crippen LogP contribution in [0.1, 0.15) is 5.56 Å². The van der Waals surface area contributed by atoms with Crippen LogP contribution >= 0.6 is 34.8 Å². The van der Waals surface area contributed by atoms with Crippen LogP contribution in [0.2, 0.25) is 0 Å². The maximum absolute atomic E-state index is 5.48. The van der Waals surface area contributed by atoms with Crippen LogP contribution < -0.4 is 0 Å². The van der Waals surface area contributed by atoms with Crippen molar-refractivity contribution >= 4 is 34.8 Å². The molecule has 0 fully saturated rings. The maximum atomic E-state index is 5.48. The fourth-order valence-corrected chi connectivity index (χ4v) is 0.678. The lowest BCUT2D eigenvalue weighted by Gasteiger charge is -2.07. The normalized spacial score (nSPS) is 11.5. The topological polar surface area (TPSA) is 38.7 Å². The van der Waals surface area contributed by atoms with Crippen molar-refractivity contribution in [3.05, 3.63) is 18.0 Å². The summed E-state index contributed by atoms with van der Waals surface area (Å²) in [4.78, 5) is 0. The van der Waals surface area contributed by atoms with Gasteiger partial charge in [0.2, 0.25) is 3.79 Å². The summed E-state index contributed by atoms with van der Waals surface area (Å²) >= 11 is 16.4. The molecule has 1 aromatic rings. The molecule has 0 saturated heterocycles. The summed E-state index contributed by atoms with van der Waals surface area (Å²) < 4.78 is -1.46. The third-order valence-electron chi connectivity index (χ3n) is 0.824. The first-order valence-corrected chi connectivity index (χ1v) is 3.44. The Morgan fingerprint density at radius 1 is 1.10 bits per heavy atom. The van der Waals surface area contributed by atoms with Gasteiger partial charge in [-0.25, -0.2) is 0 Å². The number of rotatable bonds is 0. The van der Waals surface area contributed by atoms with Gasteiger partial charge in [-0.2, -0.15) is 0 Å². The maximum Gasteiger partial charge on any atom is 0.219 e. The fraction of sp³-hybridized carbons (Fsp3) is 0.250. The van der Waals surface area contributed by atoms with Gasteiger partial charge < -0.3 is 0 Å². The number of halogens is 3. The van der Waals surface area contributed by atoms with E-state index in [1.54, 1.807) is 0 Å². The number of hydrogen-bond acceptors (Lipinski definition) is 3.